The Morgan fingerprint density at radius 3 is 2.15 bits per heavy atom. The Morgan fingerprint density at radius 2 is 1.53 bits per heavy atom. The van der Waals surface area contributed by atoms with E-state index in [0.29, 0.717) is 82.7 Å². The summed E-state index contributed by atoms with van der Waals surface area (Å²) < 4.78 is 57.8. The summed E-state index contributed by atoms with van der Waals surface area (Å²) in [6.45, 7) is 4.28. The van der Waals surface area contributed by atoms with Crippen molar-refractivity contribution in [1.29, 1.82) is 0 Å². The van der Waals surface area contributed by atoms with Crippen molar-refractivity contribution < 1.29 is 46.8 Å². The molecule has 0 spiro atoms. The highest BCUT2D eigenvalue weighted by Gasteiger charge is 2.43. The molecular formula is C47H58ClN3O10S. The highest BCUT2D eigenvalue weighted by Crippen LogP contribution is 2.44. The Labute approximate surface area is 370 Å². The number of carbonyl (C=O) groups is 2. The molecule has 4 aromatic rings. The van der Waals surface area contributed by atoms with Crippen molar-refractivity contribution in [3.05, 3.63) is 106 Å². The van der Waals surface area contributed by atoms with Crippen LogP contribution >= 0.6 is 11.6 Å². The number of ether oxygens (including phenoxy) is 5. The second kappa shape index (κ2) is 21.4. The van der Waals surface area contributed by atoms with Gasteiger partial charge in [-0.05, 0) is 91.1 Å². The molecule has 2 N–H and O–H groups in total. The van der Waals surface area contributed by atoms with Gasteiger partial charge < -0.3 is 39.0 Å². The molecule has 2 aliphatic rings. The molecule has 0 saturated heterocycles. The molecule has 1 aliphatic heterocycles. The fourth-order valence-corrected chi connectivity index (χ4v) is 9.93. The van der Waals surface area contributed by atoms with Gasteiger partial charge in [-0.3, -0.25) is 4.79 Å². The summed E-state index contributed by atoms with van der Waals surface area (Å²) in [7, 11) is 2.32. The SMILES string of the molecule is COc1ccc(CN(Cc2ccc(OC)cc2OC)S(=O)(=O)CCNCCC(=O)[C@@H]2C[C@@H](C)[C@H]2CN2CCCCc3cc(Cl)ccc3COc3ccc(C(=O)O)cc32)c(OC)c1. The molecule has 0 amide bonds. The van der Waals surface area contributed by atoms with Crippen LogP contribution in [-0.4, -0.2) is 90.0 Å². The van der Waals surface area contributed by atoms with E-state index >= 15 is 0 Å². The molecule has 62 heavy (non-hydrogen) atoms. The van der Waals surface area contributed by atoms with Crippen LogP contribution < -0.4 is 33.9 Å². The average molecular weight is 893 g/mol. The number of anilines is 1. The van der Waals surface area contributed by atoms with E-state index in [1.165, 1.54) is 18.5 Å². The van der Waals surface area contributed by atoms with Crippen molar-refractivity contribution in [2.45, 2.75) is 58.7 Å². The first kappa shape index (κ1) is 46.5. The monoisotopic (exact) mass is 891 g/mol. The zero-order valence-corrected chi connectivity index (χ0v) is 37.7. The van der Waals surface area contributed by atoms with Gasteiger partial charge in [-0.2, -0.15) is 4.31 Å². The zero-order chi connectivity index (χ0) is 44.4. The lowest BCUT2D eigenvalue weighted by molar-refractivity contribution is -0.130. The molecule has 334 valence electrons. The van der Waals surface area contributed by atoms with Crippen LogP contribution in [-0.2, 0) is 40.9 Å². The molecule has 13 nitrogen and oxygen atoms in total. The minimum atomic E-state index is -3.85. The quantitative estimate of drug-likeness (QED) is 0.0890. The van der Waals surface area contributed by atoms with Crippen LogP contribution in [0.15, 0.2) is 72.8 Å². The molecule has 4 aromatic carbocycles. The number of halogens is 1. The summed E-state index contributed by atoms with van der Waals surface area (Å²) in [6, 6.07) is 21.3. The first-order chi connectivity index (χ1) is 29.8. The lowest BCUT2D eigenvalue weighted by Crippen LogP contribution is -2.47. The number of nitrogens with one attached hydrogen (secondary N) is 1. The van der Waals surface area contributed by atoms with Gasteiger partial charge in [-0.1, -0.05) is 36.7 Å². The number of carboxylic acid groups (broad SMARTS) is 1. The van der Waals surface area contributed by atoms with Gasteiger partial charge in [0.05, 0.1) is 45.4 Å². The number of rotatable bonds is 19. The predicted octanol–water partition coefficient (Wildman–Crippen LogP) is 7.65. The van der Waals surface area contributed by atoms with E-state index in [0.717, 1.165) is 36.8 Å². The van der Waals surface area contributed by atoms with Crippen molar-refractivity contribution >= 4 is 39.1 Å². The van der Waals surface area contributed by atoms with Gasteiger partial charge in [-0.25, -0.2) is 13.2 Å². The maximum Gasteiger partial charge on any atom is 0.335 e. The number of ketones is 1. The van der Waals surface area contributed by atoms with Gasteiger partial charge in [0.2, 0.25) is 10.0 Å². The Morgan fingerprint density at radius 1 is 0.855 bits per heavy atom. The molecule has 0 bridgehead atoms. The van der Waals surface area contributed by atoms with Gasteiger partial charge >= 0.3 is 5.97 Å². The van der Waals surface area contributed by atoms with Gasteiger partial charge in [0.25, 0.3) is 0 Å². The van der Waals surface area contributed by atoms with Gasteiger partial charge in [0.15, 0.2) is 0 Å². The summed E-state index contributed by atoms with van der Waals surface area (Å²) in [4.78, 5) is 28.1. The summed E-state index contributed by atoms with van der Waals surface area (Å²) in [5.74, 6) is 1.86. The number of hydrogen-bond acceptors (Lipinski definition) is 11. The Hall–Kier alpha value is -5.02. The van der Waals surface area contributed by atoms with Gasteiger partial charge in [0, 0.05) is 79.9 Å². The fourth-order valence-electron chi connectivity index (χ4n) is 8.40. The average Bonchev–Trinajstić information content (AvgIpc) is 3.30. The number of hydrogen-bond donors (Lipinski definition) is 2. The van der Waals surface area contributed by atoms with Crippen molar-refractivity contribution in [3.8, 4) is 28.7 Å². The number of aromatic carboxylic acids is 1. The van der Waals surface area contributed by atoms with Crippen molar-refractivity contribution in [3.63, 3.8) is 0 Å². The topological polar surface area (TPSA) is 153 Å². The van der Waals surface area contributed by atoms with Crippen LogP contribution in [0.1, 0.15) is 65.2 Å². The van der Waals surface area contributed by atoms with Crippen molar-refractivity contribution in [2.24, 2.45) is 17.8 Å². The maximum absolute atomic E-state index is 14.1. The number of carboxylic acids is 1. The number of fused-ring (bicyclic) bond motifs is 2. The number of carbonyl (C=O) groups excluding carboxylic acids is 1. The molecule has 1 aliphatic carbocycles. The molecule has 1 heterocycles. The minimum Gasteiger partial charge on any atom is -0.497 e. The third kappa shape index (κ3) is 11.5. The maximum atomic E-state index is 14.1. The third-order valence-corrected chi connectivity index (χ3v) is 14.1. The molecule has 0 radical (unpaired) electrons. The lowest BCUT2D eigenvalue weighted by atomic mass is 9.63. The zero-order valence-electron chi connectivity index (χ0n) is 36.2. The number of Topliss-reactive ketones (excluding diaryl/α,β-unsaturated/α-hetero) is 1. The number of sulfonamides is 1. The molecule has 6 rings (SSSR count). The van der Waals surface area contributed by atoms with Crippen LogP contribution in [0.5, 0.6) is 28.7 Å². The van der Waals surface area contributed by atoms with E-state index in [1.54, 1.807) is 68.8 Å². The molecule has 0 aromatic heterocycles. The summed E-state index contributed by atoms with van der Waals surface area (Å²) in [5.41, 5.74) is 4.39. The molecule has 15 heteroatoms. The molecule has 3 atom stereocenters. The third-order valence-electron chi connectivity index (χ3n) is 12.1. The largest absolute Gasteiger partial charge is 0.497 e. The number of nitrogens with zero attached hydrogens (tertiary/aromatic N) is 2. The lowest BCUT2D eigenvalue weighted by Gasteiger charge is -2.45. The predicted molar refractivity (Wildman–Crippen MR) is 240 cm³/mol. The van der Waals surface area contributed by atoms with E-state index in [4.69, 9.17) is 35.3 Å². The van der Waals surface area contributed by atoms with E-state index in [1.807, 2.05) is 18.2 Å². The molecule has 0 unspecified atom stereocenters. The van der Waals surface area contributed by atoms with Crippen LogP contribution in [0.25, 0.3) is 0 Å². The van der Waals surface area contributed by atoms with Crippen LogP contribution in [0.2, 0.25) is 5.02 Å². The summed E-state index contributed by atoms with van der Waals surface area (Å²) in [6.07, 6.45) is 3.62. The Kier molecular flexibility index (Phi) is 16.0. The van der Waals surface area contributed by atoms with E-state index in [-0.39, 0.29) is 55.0 Å². The van der Waals surface area contributed by atoms with E-state index in [2.05, 4.69) is 17.1 Å². The number of benzene rings is 4. The summed E-state index contributed by atoms with van der Waals surface area (Å²) >= 11 is 6.34. The van der Waals surface area contributed by atoms with Gasteiger partial charge in [0.1, 0.15) is 41.1 Å². The smallest absolute Gasteiger partial charge is 0.335 e. The Balaban J connectivity index is 1.10. The van der Waals surface area contributed by atoms with Crippen LogP contribution in [0.4, 0.5) is 5.69 Å². The fraction of sp³-hybridized carbons (Fsp3) is 0.447. The molecular weight excluding hydrogens is 834 g/mol. The van der Waals surface area contributed by atoms with E-state index < -0.39 is 16.0 Å². The first-order valence-electron chi connectivity index (χ1n) is 21.0. The minimum absolute atomic E-state index is 0.0399. The second-order valence-corrected chi connectivity index (χ2v) is 18.5. The Bertz CT molecular complexity index is 2250. The molecule has 1 fully saturated rings. The standard InChI is InChI=1S/C47H58ClN3O10S/c1-31-22-40(41(31)29-50-20-7-6-8-32-23-37(48)13-9-36(32)30-61-44-16-12-33(47(53)54)24-42(44)50)43(52)17-18-49-19-21-62(55,56)51(27-34-10-14-38(57-2)25-45(34)59-4)28-35-11-15-39(58-3)26-46(35)60-5/h9-16,23-26,31,40-41,49H,6-8,17-22,27-30H2,1-5H3,(H,53,54)/t31-,40-,41-/m1/s1. The first-order valence-corrected chi connectivity index (χ1v) is 23.0. The number of methoxy groups -OCH3 is 4. The highest BCUT2D eigenvalue weighted by molar-refractivity contribution is 7.89. The van der Waals surface area contributed by atoms with E-state index in [9.17, 15) is 23.1 Å². The van der Waals surface area contributed by atoms with Crippen molar-refractivity contribution in [2.75, 3.05) is 65.3 Å². The summed E-state index contributed by atoms with van der Waals surface area (Å²) in [5, 5.41) is 13.8. The van der Waals surface area contributed by atoms with Crippen molar-refractivity contribution in [1.82, 2.24) is 9.62 Å². The molecule has 1 saturated carbocycles. The highest BCUT2D eigenvalue weighted by atomic mass is 35.5. The second-order valence-electron chi connectivity index (χ2n) is 16.0. The van der Waals surface area contributed by atoms with Crippen LogP contribution in [0.3, 0.4) is 0 Å². The van der Waals surface area contributed by atoms with Gasteiger partial charge in [-0.15, -0.1) is 0 Å². The normalized spacial score (nSPS) is 17.7. The van der Waals surface area contributed by atoms with Crippen LogP contribution in [0, 0.1) is 17.8 Å². The number of aryl methyl sites for hydroxylation is 1.